The number of hydrogen-bond donors (Lipinski definition) is 3. The molecule has 0 aromatic rings. The van der Waals surface area contributed by atoms with Crippen LogP contribution in [0.25, 0.3) is 0 Å². The fraction of sp³-hybridized carbons (Fsp3) is 1.00. The van der Waals surface area contributed by atoms with E-state index in [1.807, 2.05) is 6.92 Å². The third kappa shape index (κ3) is 4.69. The number of nitrogens with one attached hydrogen (secondary N) is 1. The van der Waals surface area contributed by atoms with Gasteiger partial charge in [0.25, 0.3) is 0 Å². The number of ether oxygens (including phenoxy) is 1. The van der Waals surface area contributed by atoms with Crippen LogP contribution in [0.15, 0.2) is 0 Å². The van der Waals surface area contributed by atoms with Crippen molar-refractivity contribution in [2.45, 2.75) is 13.2 Å². The van der Waals surface area contributed by atoms with Crippen LogP contribution in [0.1, 0.15) is 6.92 Å². The van der Waals surface area contributed by atoms with Gasteiger partial charge in [0.2, 0.25) is 0 Å². The summed E-state index contributed by atoms with van der Waals surface area (Å²) in [6.45, 7) is 2.86. The van der Waals surface area contributed by atoms with Gasteiger partial charge in [-0.25, -0.2) is 0 Å². The summed E-state index contributed by atoms with van der Waals surface area (Å²) in [5, 5.41) is 19.8. The molecular formula is C6H15NO3. The average molecular weight is 149 g/mol. The van der Waals surface area contributed by atoms with E-state index in [-0.39, 0.29) is 19.4 Å². The highest BCUT2D eigenvalue weighted by Crippen LogP contribution is 1.83. The molecule has 0 spiro atoms. The minimum Gasteiger partial charge on any atom is -0.395 e. The van der Waals surface area contributed by atoms with Crippen LogP contribution in [0.3, 0.4) is 0 Å². The van der Waals surface area contributed by atoms with Crippen LogP contribution < -0.4 is 5.32 Å². The van der Waals surface area contributed by atoms with E-state index in [0.29, 0.717) is 13.2 Å². The molecule has 1 unspecified atom stereocenters. The van der Waals surface area contributed by atoms with Crippen molar-refractivity contribution in [1.82, 2.24) is 5.32 Å². The molecular weight excluding hydrogens is 134 g/mol. The second-order valence-corrected chi connectivity index (χ2v) is 1.80. The van der Waals surface area contributed by atoms with Crippen LogP contribution in [-0.4, -0.2) is 42.8 Å². The molecule has 10 heavy (non-hydrogen) atoms. The Morgan fingerprint density at radius 3 is 2.60 bits per heavy atom. The van der Waals surface area contributed by atoms with Gasteiger partial charge in [-0.05, 0) is 6.92 Å². The Balaban J connectivity index is 3.21. The van der Waals surface area contributed by atoms with Gasteiger partial charge in [-0.1, -0.05) is 0 Å². The monoisotopic (exact) mass is 149 g/mol. The van der Waals surface area contributed by atoms with Crippen LogP contribution in [0.4, 0.5) is 0 Å². The van der Waals surface area contributed by atoms with Gasteiger partial charge >= 0.3 is 0 Å². The summed E-state index contributed by atoms with van der Waals surface area (Å²) in [5.41, 5.74) is 0. The van der Waals surface area contributed by atoms with Gasteiger partial charge in [0.1, 0.15) is 6.23 Å². The maximum Gasteiger partial charge on any atom is 0.131 e. The van der Waals surface area contributed by atoms with Crippen molar-refractivity contribution < 1.29 is 14.9 Å². The summed E-state index contributed by atoms with van der Waals surface area (Å²) in [6, 6.07) is 0. The Kier molecular flexibility index (Phi) is 6.84. The van der Waals surface area contributed by atoms with Gasteiger partial charge in [0, 0.05) is 13.2 Å². The molecule has 1 atom stereocenters. The van der Waals surface area contributed by atoms with Crippen molar-refractivity contribution in [1.29, 1.82) is 0 Å². The van der Waals surface area contributed by atoms with Crippen molar-refractivity contribution in [3.8, 4) is 0 Å². The zero-order chi connectivity index (χ0) is 7.82. The quantitative estimate of drug-likeness (QED) is 0.420. The van der Waals surface area contributed by atoms with E-state index in [4.69, 9.17) is 14.9 Å². The lowest BCUT2D eigenvalue weighted by molar-refractivity contribution is -0.00353. The first kappa shape index (κ1) is 9.84. The van der Waals surface area contributed by atoms with E-state index in [9.17, 15) is 0 Å². The largest absolute Gasteiger partial charge is 0.395 e. The molecule has 0 aliphatic heterocycles. The maximum atomic E-state index is 8.61. The standard InChI is InChI=1S/C6H15NO3/c1-2-10-6(5-9)7-3-4-8/h6-9H,2-5H2,1H3. The molecule has 0 aliphatic carbocycles. The van der Waals surface area contributed by atoms with Gasteiger partial charge in [0.05, 0.1) is 13.2 Å². The van der Waals surface area contributed by atoms with Crippen LogP contribution in [-0.2, 0) is 4.74 Å². The first-order valence-electron chi connectivity index (χ1n) is 3.41. The fourth-order valence-electron chi connectivity index (χ4n) is 0.603. The highest BCUT2D eigenvalue weighted by Gasteiger charge is 2.02. The Bertz CT molecular complexity index is 70.0. The molecule has 4 heteroatoms. The Morgan fingerprint density at radius 2 is 2.20 bits per heavy atom. The highest BCUT2D eigenvalue weighted by molar-refractivity contribution is 4.51. The molecule has 0 saturated carbocycles. The van der Waals surface area contributed by atoms with Crippen LogP contribution in [0.5, 0.6) is 0 Å². The van der Waals surface area contributed by atoms with E-state index in [0.717, 1.165) is 0 Å². The average Bonchev–Trinajstić information content (AvgIpc) is 1.98. The summed E-state index contributed by atoms with van der Waals surface area (Å²) in [7, 11) is 0. The molecule has 4 nitrogen and oxygen atoms in total. The first-order valence-corrected chi connectivity index (χ1v) is 3.41. The lowest BCUT2D eigenvalue weighted by atomic mass is 10.5. The van der Waals surface area contributed by atoms with Gasteiger partial charge < -0.3 is 14.9 Å². The second-order valence-electron chi connectivity index (χ2n) is 1.80. The van der Waals surface area contributed by atoms with Crippen molar-refractivity contribution >= 4 is 0 Å². The topological polar surface area (TPSA) is 61.7 Å². The van der Waals surface area contributed by atoms with Crippen LogP contribution in [0.2, 0.25) is 0 Å². The van der Waals surface area contributed by atoms with Crippen molar-refractivity contribution in [3.63, 3.8) is 0 Å². The molecule has 0 bridgehead atoms. The molecule has 3 N–H and O–H groups in total. The Hall–Kier alpha value is -0.160. The molecule has 0 rings (SSSR count). The summed E-state index contributed by atoms with van der Waals surface area (Å²) < 4.78 is 5.02. The van der Waals surface area contributed by atoms with Gasteiger partial charge in [-0.3, -0.25) is 5.32 Å². The number of hydrogen-bond acceptors (Lipinski definition) is 4. The summed E-state index contributed by atoms with van der Waals surface area (Å²) in [6.07, 6.45) is -0.336. The van der Waals surface area contributed by atoms with E-state index >= 15 is 0 Å². The van der Waals surface area contributed by atoms with Crippen LogP contribution in [0, 0.1) is 0 Å². The zero-order valence-electron chi connectivity index (χ0n) is 6.21. The smallest absolute Gasteiger partial charge is 0.131 e. The summed E-state index contributed by atoms with van der Waals surface area (Å²) in [5.74, 6) is 0. The third-order valence-corrected chi connectivity index (χ3v) is 1.02. The normalized spacial score (nSPS) is 13.5. The molecule has 0 aliphatic rings. The highest BCUT2D eigenvalue weighted by atomic mass is 16.5. The molecule has 0 amide bonds. The molecule has 0 heterocycles. The van der Waals surface area contributed by atoms with E-state index in [1.165, 1.54) is 0 Å². The number of aliphatic hydroxyl groups excluding tert-OH is 2. The van der Waals surface area contributed by atoms with Gasteiger partial charge in [-0.2, -0.15) is 0 Å². The predicted molar refractivity (Wildman–Crippen MR) is 37.6 cm³/mol. The third-order valence-electron chi connectivity index (χ3n) is 1.02. The van der Waals surface area contributed by atoms with Gasteiger partial charge in [-0.15, -0.1) is 0 Å². The van der Waals surface area contributed by atoms with Crippen molar-refractivity contribution in [3.05, 3.63) is 0 Å². The molecule has 0 radical (unpaired) electrons. The van der Waals surface area contributed by atoms with Crippen LogP contribution >= 0.6 is 0 Å². The molecule has 62 valence electrons. The fourth-order valence-corrected chi connectivity index (χ4v) is 0.603. The molecule has 0 saturated heterocycles. The van der Waals surface area contributed by atoms with E-state index in [1.54, 1.807) is 0 Å². The first-order chi connectivity index (χ1) is 4.85. The number of aliphatic hydroxyl groups is 2. The molecule has 0 aromatic heterocycles. The van der Waals surface area contributed by atoms with Crippen molar-refractivity contribution in [2.75, 3.05) is 26.4 Å². The number of rotatable bonds is 6. The maximum absolute atomic E-state index is 8.61. The minimum absolute atomic E-state index is 0.0591. The molecule has 0 fully saturated rings. The minimum atomic E-state index is -0.336. The Morgan fingerprint density at radius 1 is 1.50 bits per heavy atom. The lowest BCUT2D eigenvalue weighted by Gasteiger charge is -2.14. The Labute approximate surface area is 60.8 Å². The zero-order valence-corrected chi connectivity index (χ0v) is 6.21. The second kappa shape index (κ2) is 6.95. The predicted octanol–water partition coefficient (Wildman–Crippen LogP) is -1.08. The SMILES string of the molecule is CCOC(CO)NCCO. The summed E-state index contributed by atoms with van der Waals surface area (Å²) >= 11 is 0. The van der Waals surface area contributed by atoms with E-state index < -0.39 is 0 Å². The lowest BCUT2D eigenvalue weighted by Crippen LogP contribution is -2.36. The summed E-state index contributed by atoms with van der Waals surface area (Å²) in [4.78, 5) is 0. The van der Waals surface area contributed by atoms with Gasteiger partial charge in [0.15, 0.2) is 0 Å². The van der Waals surface area contributed by atoms with E-state index in [2.05, 4.69) is 5.32 Å². The molecule has 0 aromatic carbocycles. The van der Waals surface area contributed by atoms with Crippen molar-refractivity contribution in [2.24, 2.45) is 0 Å².